The van der Waals surface area contributed by atoms with Crippen LogP contribution in [-0.4, -0.2) is 43.6 Å². The smallest absolute Gasteiger partial charge is 0.243 e. The third kappa shape index (κ3) is 4.35. The Morgan fingerprint density at radius 3 is 2.55 bits per heavy atom. The molecule has 2 heterocycles. The number of hydrogen-bond acceptors (Lipinski definition) is 3. The van der Waals surface area contributed by atoms with Crippen LogP contribution in [0.2, 0.25) is 0 Å². The highest BCUT2D eigenvalue weighted by molar-refractivity contribution is 7.89. The Bertz CT molecular complexity index is 1050. The Morgan fingerprint density at radius 1 is 1.13 bits per heavy atom. The van der Waals surface area contributed by atoms with Gasteiger partial charge in [-0.15, -0.1) is 0 Å². The first-order chi connectivity index (χ1) is 14.7. The molecule has 1 saturated heterocycles. The molecular formula is C25H36N2O3S. The van der Waals surface area contributed by atoms with Crippen molar-refractivity contribution in [3.63, 3.8) is 0 Å². The number of nitrogens with zero attached hydrogens (tertiary/aromatic N) is 2. The van der Waals surface area contributed by atoms with Gasteiger partial charge in [0.05, 0.1) is 18.1 Å². The van der Waals surface area contributed by atoms with Crippen LogP contribution in [0.25, 0.3) is 0 Å². The van der Waals surface area contributed by atoms with Gasteiger partial charge in [0.15, 0.2) is 0 Å². The van der Waals surface area contributed by atoms with E-state index >= 15 is 0 Å². The highest BCUT2D eigenvalue weighted by atomic mass is 32.2. The van der Waals surface area contributed by atoms with Gasteiger partial charge in [0.1, 0.15) is 0 Å². The van der Waals surface area contributed by atoms with Crippen LogP contribution in [0, 0.1) is 12.3 Å². The van der Waals surface area contributed by atoms with Gasteiger partial charge >= 0.3 is 0 Å². The fraction of sp³-hybridized carbons (Fsp3) is 0.600. The maximum absolute atomic E-state index is 13.4. The molecule has 1 aliphatic carbocycles. The quantitative estimate of drug-likeness (QED) is 0.666. The lowest BCUT2D eigenvalue weighted by atomic mass is 9.75. The number of fused-ring (bicyclic) bond motifs is 1. The molecular weight excluding hydrogens is 408 g/mol. The molecule has 0 bridgehead atoms. The van der Waals surface area contributed by atoms with Gasteiger partial charge in [-0.05, 0) is 60.8 Å². The summed E-state index contributed by atoms with van der Waals surface area (Å²) < 4.78 is 36.3. The molecule has 5 nitrogen and oxygen atoms in total. The van der Waals surface area contributed by atoms with Gasteiger partial charge in [-0.2, -0.15) is 4.31 Å². The van der Waals surface area contributed by atoms with Crippen LogP contribution in [-0.2, 0) is 40.6 Å². The van der Waals surface area contributed by atoms with Crippen LogP contribution in [0.4, 0.5) is 0 Å². The predicted molar refractivity (Wildman–Crippen MR) is 124 cm³/mol. The number of benzene rings is 1. The first kappa shape index (κ1) is 22.6. The molecule has 4 rings (SSSR count). The van der Waals surface area contributed by atoms with Crippen LogP contribution in [0.15, 0.2) is 29.2 Å². The van der Waals surface area contributed by atoms with Gasteiger partial charge in [-0.25, -0.2) is 8.42 Å². The van der Waals surface area contributed by atoms with E-state index in [2.05, 4.69) is 32.3 Å². The highest BCUT2D eigenvalue weighted by Crippen LogP contribution is 2.40. The van der Waals surface area contributed by atoms with Gasteiger partial charge < -0.3 is 9.30 Å². The summed E-state index contributed by atoms with van der Waals surface area (Å²) in [6, 6.07) is 7.56. The van der Waals surface area contributed by atoms with E-state index in [9.17, 15) is 8.42 Å². The third-order valence-electron chi connectivity index (χ3n) is 6.95. The number of aromatic nitrogens is 1. The van der Waals surface area contributed by atoms with E-state index in [-0.39, 0.29) is 5.41 Å². The molecule has 2 aromatic rings. The molecule has 0 unspecified atom stereocenters. The summed E-state index contributed by atoms with van der Waals surface area (Å²) in [5.41, 5.74) is 6.76. The minimum Gasteiger partial charge on any atom is -0.379 e. The number of ether oxygens (including phenoxy) is 1. The molecule has 1 aromatic heterocycles. The number of sulfonamides is 1. The van der Waals surface area contributed by atoms with E-state index in [1.807, 2.05) is 18.2 Å². The van der Waals surface area contributed by atoms with Crippen LogP contribution in [0.3, 0.4) is 0 Å². The second-order valence-electron chi connectivity index (χ2n) is 9.78. The fourth-order valence-electron chi connectivity index (χ4n) is 5.22. The molecule has 0 N–H and O–H groups in total. The molecule has 6 heteroatoms. The lowest BCUT2D eigenvalue weighted by molar-refractivity contribution is 0.0730. The zero-order valence-electron chi connectivity index (χ0n) is 19.4. The maximum Gasteiger partial charge on any atom is 0.243 e. The van der Waals surface area contributed by atoms with Gasteiger partial charge in [0.25, 0.3) is 0 Å². The molecule has 1 fully saturated rings. The highest BCUT2D eigenvalue weighted by Gasteiger charge is 2.33. The van der Waals surface area contributed by atoms with E-state index in [4.69, 9.17) is 4.74 Å². The second kappa shape index (κ2) is 8.72. The van der Waals surface area contributed by atoms with Crippen molar-refractivity contribution in [2.75, 3.05) is 26.3 Å². The third-order valence-corrected chi connectivity index (χ3v) is 8.95. The molecule has 0 spiro atoms. The molecule has 2 aliphatic rings. The van der Waals surface area contributed by atoms with E-state index < -0.39 is 10.0 Å². The average molecular weight is 445 g/mol. The lowest BCUT2D eigenvalue weighted by Gasteiger charge is -2.31. The SMILES string of the molecule is CCCn1c(C)c(Cc2ccccc2S(=O)(=O)N2CCOCC2)c2c1CCC(C)(C)C2. The van der Waals surface area contributed by atoms with Gasteiger partial charge in [0.2, 0.25) is 10.0 Å². The zero-order valence-corrected chi connectivity index (χ0v) is 20.2. The predicted octanol–water partition coefficient (Wildman–Crippen LogP) is 4.33. The molecule has 0 amide bonds. The first-order valence-corrected chi connectivity index (χ1v) is 13.0. The Balaban J connectivity index is 1.76. The Hall–Kier alpha value is -1.63. The maximum atomic E-state index is 13.4. The molecule has 31 heavy (non-hydrogen) atoms. The molecule has 0 radical (unpaired) electrons. The molecule has 0 atom stereocenters. The van der Waals surface area contributed by atoms with Crippen molar-refractivity contribution in [2.45, 2.75) is 71.2 Å². The first-order valence-electron chi connectivity index (χ1n) is 11.6. The molecule has 1 aliphatic heterocycles. The standard InChI is InChI=1S/C25H36N2O3S/c1-5-12-27-19(2)21(22-18-25(3,4)11-10-23(22)27)17-20-8-6-7-9-24(20)31(28,29)26-13-15-30-16-14-26/h6-9H,5,10-18H2,1-4H3. The summed E-state index contributed by atoms with van der Waals surface area (Å²) in [6.45, 7) is 11.9. The minimum atomic E-state index is -3.53. The van der Waals surface area contributed by atoms with Crippen LogP contribution >= 0.6 is 0 Å². The number of rotatable bonds is 6. The molecule has 1 aromatic carbocycles. The van der Waals surface area contributed by atoms with Crippen LogP contribution < -0.4 is 0 Å². The number of morpholine rings is 1. The van der Waals surface area contributed by atoms with Gasteiger partial charge in [-0.3, -0.25) is 0 Å². The summed E-state index contributed by atoms with van der Waals surface area (Å²) in [4.78, 5) is 0.448. The summed E-state index contributed by atoms with van der Waals surface area (Å²) in [7, 11) is -3.53. The summed E-state index contributed by atoms with van der Waals surface area (Å²) >= 11 is 0. The summed E-state index contributed by atoms with van der Waals surface area (Å²) in [6.07, 6.45) is 5.15. The Kier molecular flexibility index (Phi) is 6.35. The Labute approximate surface area is 187 Å². The summed E-state index contributed by atoms with van der Waals surface area (Å²) in [5, 5.41) is 0. The largest absolute Gasteiger partial charge is 0.379 e. The van der Waals surface area contributed by atoms with Crippen molar-refractivity contribution in [2.24, 2.45) is 5.41 Å². The molecule has 170 valence electrons. The van der Waals surface area contributed by atoms with E-state index in [1.165, 1.54) is 28.9 Å². The zero-order chi connectivity index (χ0) is 22.2. The summed E-state index contributed by atoms with van der Waals surface area (Å²) in [5.74, 6) is 0. The van der Waals surface area contributed by atoms with E-state index in [1.54, 1.807) is 10.4 Å². The lowest BCUT2D eigenvalue weighted by Crippen LogP contribution is -2.40. The van der Waals surface area contributed by atoms with Crippen molar-refractivity contribution in [3.05, 3.63) is 52.3 Å². The van der Waals surface area contributed by atoms with Crippen LogP contribution in [0.5, 0.6) is 0 Å². The normalized spacial score (nSPS) is 19.4. The molecule has 0 saturated carbocycles. The van der Waals surface area contributed by atoms with Crippen molar-refractivity contribution >= 4 is 10.0 Å². The fourth-order valence-corrected chi connectivity index (χ4v) is 6.85. The second-order valence-corrected chi connectivity index (χ2v) is 11.7. The van der Waals surface area contributed by atoms with E-state index in [0.717, 1.165) is 31.4 Å². The van der Waals surface area contributed by atoms with Crippen molar-refractivity contribution in [3.8, 4) is 0 Å². The topological polar surface area (TPSA) is 51.5 Å². The Morgan fingerprint density at radius 2 is 1.84 bits per heavy atom. The van der Waals surface area contributed by atoms with Gasteiger partial charge in [-0.1, -0.05) is 39.0 Å². The number of hydrogen-bond donors (Lipinski definition) is 0. The van der Waals surface area contributed by atoms with Crippen LogP contribution in [0.1, 0.15) is 61.7 Å². The van der Waals surface area contributed by atoms with Crippen molar-refractivity contribution in [1.82, 2.24) is 8.87 Å². The van der Waals surface area contributed by atoms with Gasteiger partial charge in [0, 0.05) is 37.4 Å². The average Bonchev–Trinajstić information content (AvgIpc) is 2.99. The van der Waals surface area contributed by atoms with Crippen molar-refractivity contribution < 1.29 is 13.2 Å². The van der Waals surface area contributed by atoms with Crippen molar-refractivity contribution in [1.29, 1.82) is 0 Å². The minimum absolute atomic E-state index is 0.284. The van der Waals surface area contributed by atoms with E-state index in [0.29, 0.717) is 37.6 Å². The monoisotopic (exact) mass is 444 g/mol.